The van der Waals surface area contributed by atoms with Crippen molar-refractivity contribution >= 4 is 0 Å². The summed E-state index contributed by atoms with van der Waals surface area (Å²) in [6, 6.07) is 8.31. The topological polar surface area (TPSA) is 35.2 Å². The van der Waals surface area contributed by atoms with E-state index in [2.05, 4.69) is 39.0 Å². The molecule has 0 bridgehead atoms. The molecule has 1 unspecified atom stereocenters. The van der Waals surface area contributed by atoms with Gasteiger partial charge in [-0.15, -0.1) is 0 Å². The van der Waals surface area contributed by atoms with Crippen molar-refractivity contribution in [1.82, 2.24) is 0 Å². The smallest absolute Gasteiger partial charge is 0.124 e. The first kappa shape index (κ1) is 14.4. The molecule has 1 aliphatic carbocycles. The van der Waals surface area contributed by atoms with Crippen LogP contribution in [0.1, 0.15) is 58.4 Å². The van der Waals surface area contributed by atoms with Gasteiger partial charge in [0.2, 0.25) is 0 Å². The highest BCUT2D eigenvalue weighted by atomic mass is 16.5. The van der Waals surface area contributed by atoms with Crippen molar-refractivity contribution in [2.45, 2.75) is 58.4 Å². The van der Waals surface area contributed by atoms with Crippen LogP contribution in [0.25, 0.3) is 0 Å². The molecule has 0 aromatic heterocycles. The first-order valence-electron chi connectivity index (χ1n) is 7.48. The summed E-state index contributed by atoms with van der Waals surface area (Å²) < 4.78 is 5.89. The molecule has 0 radical (unpaired) electrons. The first-order chi connectivity index (χ1) is 8.97. The lowest BCUT2D eigenvalue weighted by atomic mass is 9.66. The minimum Gasteiger partial charge on any atom is -0.493 e. The Bertz CT molecular complexity index is 427. The van der Waals surface area contributed by atoms with E-state index in [1.807, 2.05) is 6.07 Å². The molecule has 1 saturated carbocycles. The summed E-state index contributed by atoms with van der Waals surface area (Å²) >= 11 is 0. The molecule has 0 amide bonds. The zero-order valence-electron chi connectivity index (χ0n) is 12.5. The van der Waals surface area contributed by atoms with Gasteiger partial charge in [0.1, 0.15) is 5.75 Å². The molecule has 106 valence electrons. The molecule has 2 rings (SSSR count). The molecular formula is C17H27NO. The van der Waals surface area contributed by atoms with Gasteiger partial charge in [0.15, 0.2) is 0 Å². The van der Waals surface area contributed by atoms with Crippen LogP contribution in [0.5, 0.6) is 5.75 Å². The predicted molar refractivity (Wildman–Crippen MR) is 80.3 cm³/mol. The lowest BCUT2D eigenvalue weighted by molar-refractivity contribution is 0.147. The third-order valence-electron chi connectivity index (χ3n) is 4.16. The minimum absolute atomic E-state index is 0.230. The molecule has 1 atom stereocenters. The highest BCUT2D eigenvalue weighted by molar-refractivity contribution is 5.39. The quantitative estimate of drug-likeness (QED) is 0.880. The van der Waals surface area contributed by atoms with Crippen LogP contribution in [0.4, 0.5) is 0 Å². The maximum absolute atomic E-state index is 6.75. The summed E-state index contributed by atoms with van der Waals surface area (Å²) in [6.45, 7) is 7.54. The highest BCUT2D eigenvalue weighted by Gasteiger charge is 2.39. The summed E-state index contributed by atoms with van der Waals surface area (Å²) in [7, 11) is 0. The molecule has 2 N–H and O–H groups in total. The standard InChI is InChI=1S/C17H27NO/c1-4-12-19-15-9-6-5-8-14(15)17(18)11-7-10-16(2,3)13-17/h5-6,8-9H,4,7,10-13,18H2,1-3H3. The zero-order chi connectivity index (χ0) is 13.9. The van der Waals surface area contributed by atoms with Gasteiger partial charge in [0.05, 0.1) is 6.61 Å². The van der Waals surface area contributed by atoms with E-state index < -0.39 is 0 Å². The Labute approximate surface area is 117 Å². The monoisotopic (exact) mass is 261 g/mol. The number of benzene rings is 1. The summed E-state index contributed by atoms with van der Waals surface area (Å²) in [4.78, 5) is 0. The van der Waals surface area contributed by atoms with E-state index in [9.17, 15) is 0 Å². The summed E-state index contributed by atoms with van der Waals surface area (Å²) in [5, 5.41) is 0. The van der Waals surface area contributed by atoms with E-state index in [-0.39, 0.29) is 5.54 Å². The van der Waals surface area contributed by atoms with Gasteiger partial charge >= 0.3 is 0 Å². The average Bonchev–Trinajstić information content (AvgIpc) is 2.35. The molecule has 1 fully saturated rings. The third-order valence-corrected chi connectivity index (χ3v) is 4.16. The van der Waals surface area contributed by atoms with Gasteiger partial charge in [-0.25, -0.2) is 0 Å². The predicted octanol–water partition coefficient (Wildman–Crippen LogP) is 4.23. The Morgan fingerprint density at radius 1 is 1.21 bits per heavy atom. The number of hydrogen-bond donors (Lipinski definition) is 1. The fraction of sp³-hybridized carbons (Fsp3) is 0.647. The van der Waals surface area contributed by atoms with Gasteiger partial charge in [-0.2, -0.15) is 0 Å². The van der Waals surface area contributed by atoms with E-state index in [0.29, 0.717) is 5.41 Å². The summed E-state index contributed by atoms with van der Waals surface area (Å²) in [6.07, 6.45) is 5.59. The van der Waals surface area contributed by atoms with Gasteiger partial charge in [0.25, 0.3) is 0 Å². The minimum atomic E-state index is -0.230. The Morgan fingerprint density at radius 2 is 1.95 bits per heavy atom. The number of rotatable bonds is 4. The average molecular weight is 261 g/mol. The van der Waals surface area contributed by atoms with E-state index in [4.69, 9.17) is 10.5 Å². The van der Waals surface area contributed by atoms with Crippen molar-refractivity contribution in [3.63, 3.8) is 0 Å². The summed E-state index contributed by atoms with van der Waals surface area (Å²) in [5.74, 6) is 0.976. The SMILES string of the molecule is CCCOc1ccccc1C1(N)CCCC(C)(C)C1. The van der Waals surface area contributed by atoms with E-state index in [0.717, 1.165) is 31.6 Å². The van der Waals surface area contributed by atoms with Crippen LogP contribution in [-0.2, 0) is 5.54 Å². The van der Waals surface area contributed by atoms with Crippen molar-refractivity contribution in [1.29, 1.82) is 0 Å². The highest BCUT2D eigenvalue weighted by Crippen LogP contribution is 2.46. The molecule has 1 aromatic rings. The van der Waals surface area contributed by atoms with Crippen LogP contribution in [0, 0.1) is 5.41 Å². The van der Waals surface area contributed by atoms with Gasteiger partial charge < -0.3 is 10.5 Å². The van der Waals surface area contributed by atoms with Crippen LogP contribution in [0.3, 0.4) is 0 Å². The Kier molecular flexibility index (Phi) is 4.19. The molecule has 19 heavy (non-hydrogen) atoms. The molecule has 2 heteroatoms. The van der Waals surface area contributed by atoms with Crippen molar-refractivity contribution in [2.75, 3.05) is 6.61 Å². The van der Waals surface area contributed by atoms with Crippen LogP contribution < -0.4 is 10.5 Å². The largest absolute Gasteiger partial charge is 0.493 e. The second kappa shape index (κ2) is 5.54. The molecule has 0 aliphatic heterocycles. The van der Waals surface area contributed by atoms with Crippen LogP contribution in [0.15, 0.2) is 24.3 Å². The van der Waals surface area contributed by atoms with Gasteiger partial charge in [-0.05, 0) is 37.2 Å². The first-order valence-corrected chi connectivity index (χ1v) is 7.48. The third kappa shape index (κ3) is 3.30. The maximum Gasteiger partial charge on any atom is 0.124 e. The van der Waals surface area contributed by atoms with Crippen molar-refractivity contribution < 1.29 is 4.74 Å². The lowest BCUT2D eigenvalue weighted by Gasteiger charge is -2.43. The van der Waals surface area contributed by atoms with Crippen molar-refractivity contribution in [2.24, 2.45) is 11.1 Å². The Balaban J connectivity index is 2.29. The maximum atomic E-state index is 6.75. The van der Waals surface area contributed by atoms with E-state index in [1.54, 1.807) is 0 Å². The molecule has 1 aliphatic rings. The number of hydrogen-bond acceptors (Lipinski definition) is 2. The number of para-hydroxylation sites is 1. The fourth-order valence-electron chi connectivity index (χ4n) is 3.36. The van der Waals surface area contributed by atoms with Gasteiger partial charge in [-0.3, -0.25) is 0 Å². The Morgan fingerprint density at radius 3 is 2.63 bits per heavy atom. The molecular weight excluding hydrogens is 234 g/mol. The lowest BCUT2D eigenvalue weighted by Crippen LogP contribution is -2.44. The number of nitrogens with two attached hydrogens (primary N) is 1. The van der Waals surface area contributed by atoms with Gasteiger partial charge in [0, 0.05) is 11.1 Å². The van der Waals surface area contributed by atoms with E-state index >= 15 is 0 Å². The Hall–Kier alpha value is -1.02. The molecule has 0 spiro atoms. The zero-order valence-corrected chi connectivity index (χ0v) is 12.5. The molecule has 2 nitrogen and oxygen atoms in total. The van der Waals surface area contributed by atoms with Crippen LogP contribution in [-0.4, -0.2) is 6.61 Å². The molecule has 0 saturated heterocycles. The van der Waals surface area contributed by atoms with Gasteiger partial charge in [-0.1, -0.05) is 45.4 Å². The second-order valence-corrected chi connectivity index (χ2v) is 6.70. The van der Waals surface area contributed by atoms with E-state index in [1.165, 1.54) is 18.4 Å². The number of ether oxygens (including phenoxy) is 1. The fourth-order valence-corrected chi connectivity index (χ4v) is 3.36. The van der Waals surface area contributed by atoms with Crippen molar-refractivity contribution in [3.8, 4) is 5.75 Å². The normalized spacial score (nSPS) is 26.1. The van der Waals surface area contributed by atoms with Crippen LogP contribution in [0.2, 0.25) is 0 Å². The molecule has 0 heterocycles. The molecule has 1 aromatic carbocycles. The van der Waals surface area contributed by atoms with Crippen LogP contribution >= 0.6 is 0 Å². The van der Waals surface area contributed by atoms with Crippen molar-refractivity contribution in [3.05, 3.63) is 29.8 Å². The second-order valence-electron chi connectivity index (χ2n) is 6.70. The summed E-state index contributed by atoms with van der Waals surface area (Å²) in [5.41, 5.74) is 8.03.